The predicted octanol–water partition coefficient (Wildman–Crippen LogP) is 7.43. The first kappa shape index (κ1) is 39.7. The highest BCUT2D eigenvalue weighted by atomic mass is 28.3. The Kier molecular flexibility index (Phi) is 12.6. The number of nitrogens with zero attached hydrogens (tertiary/aromatic N) is 1. The molecule has 1 atom stereocenters. The van der Waals surface area contributed by atoms with E-state index < -0.39 is 25.4 Å². The summed E-state index contributed by atoms with van der Waals surface area (Å²) >= 11 is 0. The number of ether oxygens (including phenoxy) is 2. The summed E-state index contributed by atoms with van der Waals surface area (Å²) in [6, 6.07) is 30.2. The van der Waals surface area contributed by atoms with Crippen molar-refractivity contribution in [3.05, 3.63) is 141 Å². The Morgan fingerprint density at radius 1 is 0.852 bits per heavy atom. The van der Waals surface area contributed by atoms with Crippen LogP contribution in [-0.4, -0.2) is 50.2 Å². The molecule has 0 bridgehead atoms. The molecule has 0 fully saturated rings. The minimum Gasteiger partial charge on any atom is -0.497 e. The molecule has 0 aliphatic heterocycles. The Morgan fingerprint density at radius 2 is 1.52 bits per heavy atom. The summed E-state index contributed by atoms with van der Waals surface area (Å²) in [5.41, 5.74) is 2.80. The minimum atomic E-state index is -1.36. The van der Waals surface area contributed by atoms with Crippen molar-refractivity contribution in [1.29, 1.82) is 0 Å². The molecule has 1 heterocycles. The molecule has 10 heteroatoms. The number of nitrogens with one attached hydrogen (secondary N) is 2. The first-order valence-corrected chi connectivity index (χ1v) is 22.0. The lowest BCUT2D eigenvalue weighted by Crippen LogP contribution is -2.46. The van der Waals surface area contributed by atoms with Crippen LogP contribution in [0.5, 0.6) is 5.75 Å². The molecule has 0 saturated heterocycles. The van der Waals surface area contributed by atoms with Crippen molar-refractivity contribution in [2.75, 3.05) is 19.0 Å². The van der Waals surface area contributed by atoms with Gasteiger partial charge >= 0.3 is 5.97 Å². The van der Waals surface area contributed by atoms with Gasteiger partial charge in [0.25, 0.3) is 5.56 Å². The fourth-order valence-electron chi connectivity index (χ4n) is 6.20. The topological polar surface area (TPSA) is 116 Å². The van der Waals surface area contributed by atoms with Gasteiger partial charge in [-0.05, 0) is 83.6 Å². The van der Waals surface area contributed by atoms with Gasteiger partial charge in [0.15, 0.2) is 0 Å². The van der Waals surface area contributed by atoms with Gasteiger partial charge < -0.3 is 24.7 Å². The number of hydrogen-bond acceptors (Lipinski definition) is 6. The van der Waals surface area contributed by atoms with E-state index in [9.17, 15) is 19.2 Å². The number of aromatic nitrogens is 1. The molecule has 0 saturated carbocycles. The van der Waals surface area contributed by atoms with Crippen LogP contribution < -0.4 is 20.9 Å². The van der Waals surface area contributed by atoms with Crippen molar-refractivity contribution in [2.24, 2.45) is 0 Å². The first-order chi connectivity index (χ1) is 25.6. The Hall–Kier alpha value is -5.48. The molecule has 2 amide bonds. The van der Waals surface area contributed by atoms with Gasteiger partial charge in [0.2, 0.25) is 11.8 Å². The summed E-state index contributed by atoms with van der Waals surface area (Å²) in [4.78, 5) is 54.6. The molecule has 9 nitrogen and oxygen atoms in total. The van der Waals surface area contributed by atoms with E-state index in [1.165, 1.54) is 4.57 Å². The number of anilines is 1. The van der Waals surface area contributed by atoms with Crippen molar-refractivity contribution in [1.82, 2.24) is 9.88 Å². The van der Waals surface area contributed by atoms with Gasteiger partial charge in [-0.2, -0.15) is 0 Å². The van der Waals surface area contributed by atoms with Crippen molar-refractivity contribution in [3.8, 4) is 5.75 Å². The second kappa shape index (κ2) is 17.1. The molecule has 2 N–H and O–H groups in total. The van der Waals surface area contributed by atoms with Crippen LogP contribution in [0.2, 0.25) is 25.7 Å². The number of rotatable bonds is 15. The molecule has 282 valence electrons. The van der Waals surface area contributed by atoms with Gasteiger partial charge in [0.05, 0.1) is 32.1 Å². The van der Waals surface area contributed by atoms with Gasteiger partial charge in [-0.3, -0.25) is 19.2 Å². The van der Waals surface area contributed by atoms with Crippen LogP contribution in [0.3, 0.4) is 0 Å². The van der Waals surface area contributed by atoms with Gasteiger partial charge in [0.1, 0.15) is 17.5 Å². The molecule has 0 aliphatic rings. The molecule has 5 aromatic rings. The largest absolute Gasteiger partial charge is 0.497 e. The lowest BCUT2D eigenvalue weighted by molar-refractivity contribution is -0.148. The first-order valence-electron chi connectivity index (χ1n) is 18.3. The van der Waals surface area contributed by atoms with Crippen LogP contribution in [0.25, 0.3) is 10.8 Å². The van der Waals surface area contributed by atoms with E-state index in [2.05, 4.69) is 30.3 Å². The summed E-state index contributed by atoms with van der Waals surface area (Å²) < 4.78 is 12.5. The number of esters is 1. The standard InChI is InChI=1S/C44H51N3O6Si/c1-30-23-24-47(29-32-17-21-36(52-4)22-18-32)42(50)40(30)46-41(49)38(45-39(48)28-34-13-10-12-33-11-8-9-14-37(33)34)27-31-15-19-35(20-16-31)44(2,3)43(51)53-25-26-54(5,6)7/h8-24,38H,25-29H2,1-7H3,(H,45,48)(H,46,49)/t38-/m0/s1. The molecular weight excluding hydrogens is 695 g/mol. The maximum atomic E-state index is 14.1. The van der Waals surface area contributed by atoms with Crippen LogP contribution in [0.4, 0.5) is 5.69 Å². The zero-order valence-electron chi connectivity index (χ0n) is 32.3. The highest BCUT2D eigenvalue weighted by Crippen LogP contribution is 2.26. The zero-order chi connectivity index (χ0) is 39.0. The summed E-state index contributed by atoms with van der Waals surface area (Å²) in [6.07, 6.45) is 1.92. The average molecular weight is 746 g/mol. The number of amides is 2. The number of aryl methyl sites for hydroxylation is 1. The lowest BCUT2D eigenvalue weighted by Gasteiger charge is -2.25. The van der Waals surface area contributed by atoms with Gasteiger partial charge in [-0.1, -0.05) is 98.5 Å². The lowest BCUT2D eigenvalue weighted by atomic mass is 9.84. The van der Waals surface area contributed by atoms with Gasteiger partial charge in [-0.25, -0.2) is 0 Å². The third-order valence-electron chi connectivity index (χ3n) is 9.73. The maximum absolute atomic E-state index is 14.1. The fraction of sp³-hybridized carbons (Fsp3) is 0.318. The third-order valence-corrected chi connectivity index (χ3v) is 11.4. The van der Waals surface area contributed by atoms with Crippen LogP contribution in [0, 0.1) is 6.92 Å². The van der Waals surface area contributed by atoms with E-state index in [0.29, 0.717) is 24.5 Å². The van der Waals surface area contributed by atoms with Crippen molar-refractivity contribution in [2.45, 2.75) is 77.3 Å². The smallest absolute Gasteiger partial charge is 0.315 e. The second-order valence-electron chi connectivity index (χ2n) is 15.6. The molecule has 0 spiro atoms. The van der Waals surface area contributed by atoms with Gasteiger partial charge in [-0.15, -0.1) is 0 Å². The summed E-state index contributed by atoms with van der Waals surface area (Å²) in [5, 5.41) is 7.80. The van der Waals surface area contributed by atoms with E-state index >= 15 is 0 Å². The number of fused-ring (bicyclic) bond motifs is 1. The fourth-order valence-corrected chi connectivity index (χ4v) is 6.91. The van der Waals surface area contributed by atoms with Gasteiger partial charge in [0, 0.05) is 20.7 Å². The number of pyridine rings is 1. The quantitative estimate of drug-likeness (QED) is 0.0851. The SMILES string of the molecule is COc1ccc(Cn2ccc(C)c(NC(=O)[C@H](Cc3ccc(C(C)(C)C(=O)OCC[Si](C)(C)C)cc3)NC(=O)Cc3cccc4ccccc34)c2=O)cc1. The van der Waals surface area contributed by atoms with Crippen LogP contribution in [0.1, 0.15) is 41.7 Å². The molecule has 1 aromatic heterocycles. The molecule has 0 radical (unpaired) electrons. The van der Waals surface area contributed by atoms with E-state index in [1.54, 1.807) is 26.3 Å². The minimum absolute atomic E-state index is 0.0666. The molecule has 5 rings (SSSR count). The summed E-state index contributed by atoms with van der Waals surface area (Å²) in [7, 11) is 0.239. The van der Waals surface area contributed by atoms with Crippen LogP contribution in [0.15, 0.2) is 108 Å². The predicted molar refractivity (Wildman–Crippen MR) is 218 cm³/mol. The monoisotopic (exact) mass is 745 g/mol. The number of benzene rings is 4. The van der Waals surface area contributed by atoms with Crippen LogP contribution >= 0.6 is 0 Å². The number of carbonyl (C=O) groups excluding carboxylic acids is 3. The molecular formula is C44H51N3O6Si. The zero-order valence-corrected chi connectivity index (χ0v) is 33.3. The van der Waals surface area contributed by atoms with Crippen molar-refractivity contribution in [3.63, 3.8) is 0 Å². The highest BCUT2D eigenvalue weighted by Gasteiger charge is 2.32. The normalized spacial score (nSPS) is 12.2. The summed E-state index contributed by atoms with van der Waals surface area (Å²) in [5.74, 6) is -0.418. The molecule has 0 aliphatic carbocycles. The van der Waals surface area contributed by atoms with Crippen molar-refractivity contribution >= 4 is 42.3 Å². The maximum Gasteiger partial charge on any atom is 0.315 e. The Morgan fingerprint density at radius 3 is 2.20 bits per heavy atom. The van der Waals surface area contributed by atoms with E-state index in [4.69, 9.17) is 9.47 Å². The van der Waals surface area contributed by atoms with E-state index in [-0.39, 0.29) is 36.0 Å². The number of carbonyl (C=O) groups is 3. The Balaban J connectivity index is 1.38. The Labute approximate surface area is 318 Å². The van der Waals surface area contributed by atoms with E-state index in [0.717, 1.165) is 39.1 Å². The second-order valence-corrected chi connectivity index (χ2v) is 21.2. The Bertz CT molecular complexity index is 2160. The molecule has 54 heavy (non-hydrogen) atoms. The number of hydrogen-bond donors (Lipinski definition) is 2. The van der Waals surface area contributed by atoms with Crippen molar-refractivity contribution < 1.29 is 23.9 Å². The third kappa shape index (κ3) is 10.1. The average Bonchev–Trinajstić information content (AvgIpc) is 3.14. The number of methoxy groups -OCH3 is 1. The van der Waals surface area contributed by atoms with E-state index in [1.807, 2.05) is 105 Å². The molecule has 4 aromatic carbocycles. The molecule has 0 unspecified atom stereocenters. The summed E-state index contributed by atoms with van der Waals surface area (Å²) in [6.45, 7) is 12.9. The van der Waals surface area contributed by atoms with Crippen LogP contribution in [-0.2, 0) is 43.9 Å². The highest BCUT2D eigenvalue weighted by molar-refractivity contribution is 6.76.